The van der Waals surface area contributed by atoms with Crippen LogP contribution in [0.3, 0.4) is 0 Å². The van der Waals surface area contributed by atoms with Crippen LogP contribution in [0, 0.1) is 0 Å². The third-order valence-corrected chi connectivity index (χ3v) is 4.15. The summed E-state index contributed by atoms with van der Waals surface area (Å²) in [5.41, 5.74) is 1.49. The van der Waals surface area contributed by atoms with Crippen molar-refractivity contribution >= 4 is 23.3 Å². The number of rotatable bonds is 4. The molecule has 1 aromatic heterocycles. The number of aromatic nitrogens is 1. The van der Waals surface area contributed by atoms with Gasteiger partial charge in [-0.3, -0.25) is 9.59 Å². The van der Waals surface area contributed by atoms with Crippen molar-refractivity contribution in [3.8, 4) is 0 Å². The summed E-state index contributed by atoms with van der Waals surface area (Å²) in [6.07, 6.45) is 1.67. The summed E-state index contributed by atoms with van der Waals surface area (Å²) >= 11 is 0. The Bertz CT molecular complexity index is 760. The zero-order valence-electron chi connectivity index (χ0n) is 14.7. The van der Waals surface area contributed by atoms with E-state index in [1.165, 1.54) is 4.90 Å². The van der Waals surface area contributed by atoms with Gasteiger partial charge in [0.15, 0.2) is 5.82 Å². The summed E-state index contributed by atoms with van der Waals surface area (Å²) in [5, 5.41) is 2.70. The average molecular weight is 354 g/mol. The fourth-order valence-corrected chi connectivity index (χ4v) is 2.80. The van der Waals surface area contributed by atoms with Crippen molar-refractivity contribution in [3.05, 3.63) is 54.2 Å². The van der Waals surface area contributed by atoms with Crippen molar-refractivity contribution in [1.82, 2.24) is 9.88 Å². The molecule has 3 rings (SSSR count). The molecule has 1 aromatic carbocycles. The predicted octanol–water partition coefficient (Wildman–Crippen LogP) is 1.52. The Hall–Kier alpha value is -2.93. The number of hydrogen-bond acceptors (Lipinski definition) is 5. The van der Waals surface area contributed by atoms with Gasteiger partial charge in [-0.15, -0.1) is 0 Å². The van der Waals surface area contributed by atoms with E-state index in [0.717, 1.165) is 5.56 Å². The molecule has 2 aromatic rings. The van der Waals surface area contributed by atoms with E-state index >= 15 is 0 Å². The van der Waals surface area contributed by atoms with E-state index < -0.39 is 11.8 Å². The molecule has 0 atom stereocenters. The molecule has 1 aliphatic rings. The Morgan fingerprint density at radius 1 is 1.15 bits per heavy atom. The van der Waals surface area contributed by atoms with Crippen LogP contribution in [0.15, 0.2) is 48.7 Å². The molecule has 26 heavy (non-hydrogen) atoms. The van der Waals surface area contributed by atoms with E-state index in [9.17, 15) is 9.59 Å². The largest absolute Gasteiger partial charge is 0.378 e. The molecule has 0 bridgehead atoms. The lowest BCUT2D eigenvalue weighted by atomic mass is 10.2. The minimum Gasteiger partial charge on any atom is -0.378 e. The Kier molecular flexibility index (Phi) is 5.80. The van der Waals surface area contributed by atoms with Gasteiger partial charge in [-0.2, -0.15) is 0 Å². The second-order valence-electron chi connectivity index (χ2n) is 6.07. The molecule has 0 unspecified atom stereocenters. The Morgan fingerprint density at radius 3 is 2.62 bits per heavy atom. The van der Waals surface area contributed by atoms with Crippen LogP contribution in [-0.4, -0.2) is 55.0 Å². The highest BCUT2D eigenvalue weighted by Crippen LogP contribution is 2.23. The smallest absolute Gasteiger partial charge is 0.314 e. The first kappa shape index (κ1) is 17.9. The van der Waals surface area contributed by atoms with Crippen LogP contribution in [0.1, 0.15) is 5.56 Å². The van der Waals surface area contributed by atoms with Crippen LogP contribution in [0.2, 0.25) is 0 Å². The minimum atomic E-state index is -0.675. The first-order valence-corrected chi connectivity index (χ1v) is 8.53. The van der Waals surface area contributed by atoms with Crippen LogP contribution in [0.5, 0.6) is 0 Å². The lowest BCUT2D eigenvalue weighted by Gasteiger charge is -2.29. The zero-order valence-corrected chi connectivity index (χ0v) is 14.7. The lowest BCUT2D eigenvalue weighted by molar-refractivity contribution is -0.142. The van der Waals surface area contributed by atoms with Crippen LogP contribution in [0.4, 0.5) is 11.5 Å². The number of benzene rings is 1. The van der Waals surface area contributed by atoms with E-state index in [0.29, 0.717) is 44.4 Å². The van der Waals surface area contributed by atoms with E-state index in [1.54, 1.807) is 25.4 Å². The highest BCUT2D eigenvalue weighted by molar-refractivity contribution is 6.39. The highest BCUT2D eigenvalue weighted by Gasteiger charge is 2.22. The van der Waals surface area contributed by atoms with Gasteiger partial charge in [0, 0.05) is 32.9 Å². The molecule has 0 radical (unpaired) electrons. The third kappa shape index (κ3) is 4.37. The number of nitrogens with one attached hydrogen (secondary N) is 1. The average Bonchev–Trinajstić information content (AvgIpc) is 2.69. The fraction of sp³-hybridized carbons (Fsp3) is 0.316. The summed E-state index contributed by atoms with van der Waals surface area (Å²) in [6, 6.07) is 13.0. The van der Waals surface area contributed by atoms with Crippen LogP contribution >= 0.6 is 0 Å². The number of amides is 2. The fourth-order valence-electron chi connectivity index (χ4n) is 2.80. The minimum absolute atomic E-state index is 0.371. The third-order valence-electron chi connectivity index (χ3n) is 4.15. The molecule has 1 N–H and O–H groups in total. The number of hydrogen-bond donors (Lipinski definition) is 1. The molecular formula is C19H22N4O3. The first-order chi connectivity index (χ1) is 12.6. The maximum atomic E-state index is 12.4. The van der Waals surface area contributed by atoms with Gasteiger partial charge in [0.2, 0.25) is 0 Å². The second-order valence-corrected chi connectivity index (χ2v) is 6.07. The van der Waals surface area contributed by atoms with Crippen LogP contribution in [0.25, 0.3) is 0 Å². The van der Waals surface area contributed by atoms with Gasteiger partial charge in [-0.1, -0.05) is 30.3 Å². The summed E-state index contributed by atoms with van der Waals surface area (Å²) in [5.74, 6) is -0.612. The maximum Gasteiger partial charge on any atom is 0.314 e. The zero-order chi connectivity index (χ0) is 18.4. The molecular weight excluding hydrogens is 332 g/mol. The van der Waals surface area contributed by atoms with Crippen molar-refractivity contribution in [2.75, 3.05) is 43.6 Å². The molecule has 0 aliphatic carbocycles. The summed E-state index contributed by atoms with van der Waals surface area (Å²) in [6.45, 7) is 2.99. The summed E-state index contributed by atoms with van der Waals surface area (Å²) < 4.78 is 5.35. The molecule has 2 heterocycles. The topological polar surface area (TPSA) is 74.8 Å². The van der Waals surface area contributed by atoms with Gasteiger partial charge < -0.3 is 19.9 Å². The first-order valence-electron chi connectivity index (χ1n) is 8.53. The van der Waals surface area contributed by atoms with Crippen molar-refractivity contribution in [1.29, 1.82) is 0 Å². The molecule has 1 saturated heterocycles. The van der Waals surface area contributed by atoms with E-state index in [4.69, 9.17) is 4.74 Å². The van der Waals surface area contributed by atoms with Gasteiger partial charge in [0.1, 0.15) is 0 Å². The number of anilines is 2. The van der Waals surface area contributed by atoms with E-state index in [-0.39, 0.29) is 0 Å². The van der Waals surface area contributed by atoms with Gasteiger partial charge in [0.05, 0.1) is 18.9 Å². The van der Waals surface area contributed by atoms with Crippen LogP contribution < -0.4 is 10.2 Å². The quantitative estimate of drug-likeness (QED) is 0.843. The number of ether oxygens (including phenoxy) is 1. The molecule has 2 amide bonds. The van der Waals surface area contributed by atoms with Gasteiger partial charge in [0.25, 0.3) is 0 Å². The van der Waals surface area contributed by atoms with Crippen molar-refractivity contribution in [2.24, 2.45) is 0 Å². The normalized spacial score (nSPS) is 14.0. The Balaban J connectivity index is 1.66. The molecule has 1 fully saturated rings. The van der Waals surface area contributed by atoms with Crippen molar-refractivity contribution in [2.45, 2.75) is 6.54 Å². The predicted molar refractivity (Wildman–Crippen MR) is 98.8 cm³/mol. The van der Waals surface area contributed by atoms with Gasteiger partial charge >= 0.3 is 11.8 Å². The van der Waals surface area contributed by atoms with E-state index in [1.807, 2.05) is 35.2 Å². The van der Waals surface area contributed by atoms with Crippen molar-refractivity contribution < 1.29 is 14.3 Å². The molecule has 0 spiro atoms. The maximum absolute atomic E-state index is 12.4. The summed E-state index contributed by atoms with van der Waals surface area (Å²) in [4.78, 5) is 32.6. The SMILES string of the molecule is CN(Cc1ccccc1)C(=O)C(=O)Nc1cccnc1N1CCOCC1. The van der Waals surface area contributed by atoms with Gasteiger partial charge in [-0.05, 0) is 17.7 Å². The molecule has 7 heteroatoms. The number of morpholine rings is 1. The number of carbonyl (C=O) groups is 2. The monoisotopic (exact) mass is 354 g/mol. The lowest BCUT2D eigenvalue weighted by Crippen LogP contribution is -2.39. The standard InChI is InChI=1S/C19H22N4O3/c1-22(14-15-6-3-2-4-7-15)19(25)18(24)21-16-8-5-9-20-17(16)23-10-12-26-13-11-23/h2-9H,10-14H2,1H3,(H,21,24). The summed E-state index contributed by atoms with van der Waals surface area (Å²) in [7, 11) is 1.61. The number of pyridine rings is 1. The highest BCUT2D eigenvalue weighted by atomic mass is 16.5. The number of likely N-dealkylation sites (N-methyl/N-ethyl adjacent to an activating group) is 1. The van der Waals surface area contributed by atoms with Crippen molar-refractivity contribution in [3.63, 3.8) is 0 Å². The number of carbonyl (C=O) groups excluding carboxylic acids is 2. The van der Waals surface area contributed by atoms with E-state index in [2.05, 4.69) is 10.3 Å². The molecule has 7 nitrogen and oxygen atoms in total. The Morgan fingerprint density at radius 2 is 1.88 bits per heavy atom. The Labute approximate surface area is 152 Å². The van der Waals surface area contributed by atoms with Crippen LogP contribution in [-0.2, 0) is 20.9 Å². The number of nitrogens with zero attached hydrogens (tertiary/aromatic N) is 3. The van der Waals surface area contributed by atoms with Gasteiger partial charge in [-0.25, -0.2) is 4.98 Å². The molecule has 1 aliphatic heterocycles. The second kappa shape index (κ2) is 8.44. The molecule has 136 valence electrons. The molecule has 0 saturated carbocycles.